The van der Waals surface area contributed by atoms with Crippen molar-refractivity contribution < 1.29 is 14.1 Å². The Morgan fingerprint density at radius 2 is 2.08 bits per heavy atom. The molecule has 3 rings (SSSR count). The minimum absolute atomic E-state index is 0.0487. The fourth-order valence-corrected chi connectivity index (χ4v) is 3.20. The quantitative estimate of drug-likeness (QED) is 0.830. The topological polar surface area (TPSA) is 68.5 Å². The molecule has 0 saturated carbocycles. The van der Waals surface area contributed by atoms with Crippen LogP contribution in [-0.4, -0.2) is 39.6 Å². The predicted molar refractivity (Wildman–Crippen MR) is 93.7 cm³/mol. The molecule has 1 amide bonds. The molecule has 1 saturated heterocycles. The number of aromatic nitrogens is 2. The third-order valence-corrected chi connectivity index (χ3v) is 4.57. The summed E-state index contributed by atoms with van der Waals surface area (Å²) in [4.78, 5) is 19.1. The van der Waals surface area contributed by atoms with Crippen molar-refractivity contribution in [3.05, 3.63) is 41.0 Å². The van der Waals surface area contributed by atoms with Gasteiger partial charge in [-0.3, -0.25) is 4.79 Å². The third kappa shape index (κ3) is 4.12. The Bertz CT molecular complexity index is 742. The first kappa shape index (κ1) is 17.7. The molecule has 7 heteroatoms. The summed E-state index contributed by atoms with van der Waals surface area (Å²) < 4.78 is 11.0. The predicted octanol–water partition coefficient (Wildman–Crippen LogP) is 3.60. The fraction of sp³-hybridized carbons (Fsp3) is 0.500. The van der Waals surface area contributed by atoms with Crippen LogP contribution in [0.3, 0.4) is 0 Å². The molecule has 6 nitrogen and oxygen atoms in total. The molecule has 134 valence electrons. The van der Waals surface area contributed by atoms with E-state index in [1.54, 1.807) is 45.0 Å². The molecule has 1 aromatic heterocycles. The molecule has 0 aliphatic carbocycles. The second-order valence-corrected chi connectivity index (χ2v) is 7.26. The third-order valence-electron chi connectivity index (χ3n) is 4.32. The monoisotopic (exact) mass is 363 g/mol. The van der Waals surface area contributed by atoms with Crippen LogP contribution in [-0.2, 0) is 4.79 Å². The van der Waals surface area contributed by atoms with Crippen LogP contribution in [0.2, 0.25) is 5.02 Å². The molecule has 2 heterocycles. The van der Waals surface area contributed by atoms with E-state index in [0.29, 0.717) is 35.6 Å². The highest BCUT2D eigenvalue weighted by Gasteiger charge is 2.37. The summed E-state index contributed by atoms with van der Waals surface area (Å²) in [5.41, 5.74) is -0.969. The van der Waals surface area contributed by atoms with Gasteiger partial charge in [-0.2, -0.15) is 4.98 Å². The summed E-state index contributed by atoms with van der Waals surface area (Å²) in [5, 5.41) is 4.63. The Morgan fingerprint density at radius 1 is 1.36 bits per heavy atom. The summed E-state index contributed by atoms with van der Waals surface area (Å²) in [7, 11) is 0. The van der Waals surface area contributed by atoms with Crippen LogP contribution < -0.4 is 4.74 Å². The van der Waals surface area contributed by atoms with Gasteiger partial charge >= 0.3 is 0 Å². The number of hydrogen-bond donors (Lipinski definition) is 0. The molecule has 1 aromatic carbocycles. The van der Waals surface area contributed by atoms with Crippen molar-refractivity contribution in [3.63, 3.8) is 0 Å². The number of carbonyl (C=O) groups is 1. The zero-order valence-electron chi connectivity index (χ0n) is 14.7. The number of ether oxygens (including phenoxy) is 1. The normalized spacial score (nSPS) is 18.2. The SMILES string of the molecule is Cc1nc(C2CCCN(C(=O)C(C)(C)Oc3ccc(Cl)cc3)C2)no1. The van der Waals surface area contributed by atoms with Crippen LogP contribution in [0.5, 0.6) is 5.75 Å². The number of hydrogen-bond acceptors (Lipinski definition) is 5. The van der Waals surface area contributed by atoms with Crippen LogP contribution in [0.25, 0.3) is 0 Å². The first-order valence-corrected chi connectivity index (χ1v) is 8.77. The van der Waals surface area contributed by atoms with E-state index in [9.17, 15) is 4.79 Å². The minimum Gasteiger partial charge on any atom is -0.478 e. The fourth-order valence-electron chi connectivity index (χ4n) is 3.07. The molecule has 0 spiro atoms. The second-order valence-electron chi connectivity index (χ2n) is 6.83. The molecule has 25 heavy (non-hydrogen) atoms. The maximum Gasteiger partial charge on any atom is 0.266 e. The molecule has 0 bridgehead atoms. The summed E-state index contributed by atoms with van der Waals surface area (Å²) in [6.07, 6.45) is 1.85. The largest absolute Gasteiger partial charge is 0.478 e. The van der Waals surface area contributed by atoms with E-state index in [-0.39, 0.29) is 11.8 Å². The molecule has 2 aromatic rings. The summed E-state index contributed by atoms with van der Waals surface area (Å²) >= 11 is 5.89. The minimum atomic E-state index is -0.969. The van der Waals surface area contributed by atoms with Crippen LogP contribution >= 0.6 is 11.6 Å². The van der Waals surface area contributed by atoms with Gasteiger partial charge < -0.3 is 14.2 Å². The average molecular weight is 364 g/mol. The number of carbonyl (C=O) groups excluding carboxylic acids is 1. The van der Waals surface area contributed by atoms with Gasteiger partial charge in [0.2, 0.25) is 5.89 Å². The van der Waals surface area contributed by atoms with E-state index in [4.69, 9.17) is 20.9 Å². The maximum absolute atomic E-state index is 13.0. The molecular weight excluding hydrogens is 342 g/mol. The van der Waals surface area contributed by atoms with Gasteiger partial charge in [-0.1, -0.05) is 16.8 Å². The van der Waals surface area contributed by atoms with Gasteiger partial charge in [0.1, 0.15) is 5.75 Å². The summed E-state index contributed by atoms with van der Waals surface area (Å²) in [6, 6.07) is 7.01. The highest BCUT2D eigenvalue weighted by molar-refractivity contribution is 6.30. The van der Waals surface area contributed by atoms with Crippen LogP contribution in [0, 0.1) is 6.92 Å². The molecule has 1 unspecified atom stereocenters. The van der Waals surface area contributed by atoms with Crippen molar-refractivity contribution >= 4 is 17.5 Å². The highest BCUT2D eigenvalue weighted by atomic mass is 35.5. The van der Waals surface area contributed by atoms with E-state index >= 15 is 0 Å². The van der Waals surface area contributed by atoms with Gasteiger partial charge in [-0.25, -0.2) is 0 Å². The Morgan fingerprint density at radius 3 is 2.72 bits per heavy atom. The number of halogens is 1. The molecule has 1 aliphatic rings. The number of aryl methyl sites for hydroxylation is 1. The Kier molecular flexibility index (Phi) is 4.99. The van der Waals surface area contributed by atoms with Gasteiger partial charge in [0, 0.05) is 31.0 Å². The first-order chi connectivity index (χ1) is 11.8. The lowest BCUT2D eigenvalue weighted by Gasteiger charge is -2.36. The zero-order valence-corrected chi connectivity index (χ0v) is 15.4. The average Bonchev–Trinajstić information content (AvgIpc) is 3.03. The van der Waals surface area contributed by atoms with Gasteiger partial charge in [0.25, 0.3) is 5.91 Å². The van der Waals surface area contributed by atoms with Crippen molar-refractivity contribution in [3.8, 4) is 5.75 Å². The highest BCUT2D eigenvalue weighted by Crippen LogP contribution is 2.28. The molecule has 0 radical (unpaired) electrons. The Labute approximate surface area is 152 Å². The molecule has 1 fully saturated rings. The van der Waals surface area contributed by atoms with Crippen LogP contribution in [0.4, 0.5) is 0 Å². The van der Waals surface area contributed by atoms with E-state index in [1.165, 1.54) is 0 Å². The smallest absolute Gasteiger partial charge is 0.266 e. The van der Waals surface area contributed by atoms with E-state index in [2.05, 4.69) is 10.1 Å². The lowest BCUT2D eigenvalue weighted by Crippen LogP contribution is -2.51. The first-order valence-electron chi connectivity index (χ1n) is 8.39. The van der Waals surface area contributed by atoms with Crippen LogP contribution in [0.1, 0.15) is 44.3 Å². The number of piperidine rings is 1. The molecule has 1 aliphatic heterocycles. The number of rotatable bonds is 4. The molecular formula is C18H22ClN3O3. The van der Waals surface area contributed by atoms with Crippen molar-refractivity contribution in [1.29, 1.82) is 0 Å². The van der Waals surface area contributed by atoms with Crippen molar-refractivity contribution in [2.75, 3.05) is 13.1 Å². The van der Waals surface area contributed by atoms with E-state index in [1.807, 2.05) is 4.90 Å². The number of benzene rings is 1. The molecule has 0 N–H and O–H groups in total. The Balaban J connectivity index is 1.69. The summed E-state index contributed by atoms with van der Waals surface area (Å²) in [6.45, 7) is 6.62. The lowest BCUT2D eigenvalue weighted by atomic mass is 9.95. The van der Waals surface area contributed by atoms with Crippen LogP contribution in [0.15, 0.2) is 28.8 Å². The number of likely N-dealkylation sites (tertiary alicyclic amines) is 1. The zero-order chi connectivity index (χ0) is 18.0. The maximum atomic E-state index is 13.0. The van der Waals surface area contributed by atoms with E-state index < -0.39 is 5.60 Å². The molecule has 1 atom stereocenters. The Hall–Kier alpha value is -2.08. The lowest BCUT2D eigenvalue weighted by molar-refractivity contribution is -0.146. The van der Waals surface area contributed by atoms with Gasteiger partial charge in [0.15, 0.2) is 11.4 Å². The van der Waals surface area contributed by atoms with Gasteiger partial charge in [0.05, 0.1) is 0 Å². The summed E-state index contributed by atoms with van der Waals surface area (Å²) in [5.74, 6) is 1.88. The van der Waals surface area contributed by atoms with E-state index in [0.717, 1.165) is 12.8 Å². The van der Waals surface area contributed by atoms with Crippen molar-refractivity contribution in [2.24, 2.45) is 0 Å². The van der Waals surface area contributed by atoms with Crippen molar-refractivity contribution in [1.82, 2.24) is 15.0 Å². The second kappa shape index (κ2) is 7.04. The van der Waals surface area contributed by atoms with Crippen molar-refractivity contribution in [2.45, 2.75) is 45.1 Å². The standard InChI is InChI=1S/C18H22ClN3O3/c1-12-20-16(21-25-12)13-5-4-10-22(11-13)17(23)18(2,3)24-15-8-6-14(19)7-9-15/h6-9,13H,4-5,10-11H2,1-3H3. The number of amides is 1. The van der Waals surface area contributed by atoms with Gasteiger partial charge in [-0.15, -0.1) is 0 Å². The number of nitrogens with zero attached hydrogens (tertiary/aromatic N) is 3. The van der Waals surface area contributed by atoms with Gasteiger partial charge in [-0.05, 0) is 51.0 Å².